The molecular formula is C16H15ClFN3. The maximum absolute atomic E-state index is 13.5. The number of fused-ring (bicyclic) bond motifs is 1. The number of aromatic nitrogens is 2. The van der Waals surface area contributed by atoms with Gasteiger partial charge >= 0.3 is 0 Å². The maximum atomic E-state index is 13.5. The van der Waals surface area contributed by atoms with Gasteiger partial charge in [-0.25, -0.2) is 9.37 Å². The van der Waals surface area contributed by atoms with Crippen LogP contribution in [0.1, 0.15) is 18.1 Å². The largest absolute Gasteiger partial charge is 0.369 e. The van der Waals surface area contributed by atoms with Crippen LogP contribution in [0.3, 0.4) is 0 Å². The summed E-state index contributed by atoms with van der Waals surface area (Å²) in [4.78, 5) is 4.21. The number of nitrogens with two attached hydrogens (primary N) is 1. The Balaban J connectivity index is 2.12. The van der Waals surface area contributed by atoms with E-state index in [0.717, 1.165) is 11.9 Å². The van der Waals surface area contributed by atoms with Crippen molar-refractivity contribution in [2.24, 2.45) is 0 Å². The Labute approximate surface area is 127 Å². The van der Waals surface area contributed by atoms with Gasteiger partial charge < -0.3 is 10.3 Å². The molecule has 0 radical (unpaired) electrons. The van der Waals surface area contributed by atoms with Crippen molar-refractivity contribution in [2.75, 3.05) is 5.73 Å². The van der Waals surface area contributed by atoms with Gasteiger partial charge in [0.15, 0.2) is 0 Å². The Bertz CT molecular complexity index is 811. The zero-order valence-corrected chi connectivity index (χ0v) is 12.4. The first-order chi connectivity index (χ1) is 10.1. The Hall–Kier alpha value is -2.07. The number of rotatable bonds is 3. The molecule has 0 fully saturated rings. The highest BCUT2D eigenvalue weighted by Gasteiger charge is 2.13. The molecule has 0 atom stereocenters. The molecule has 5 heteroatoms. The minimum absolute atomic E-state index is 0.0763. The van der Waals surface area contributed by atoms with Crippen LogP contribution in [0.25, 0.3) is 11.0 Å². The van der Waals surface area contributed by atoms with E-state index in [1.807, 2.05) is 16.7 Å². The minimum Gasteiger partial charge on any atom is -0.369 e. The third kappa shape index (κ3) is 2.47. The van der Waals surface area contributed by atoms with Crippen LogP contribution >= 0.6 is 11.6 Å². The Morgan fingerprint density at radius 2 is 1.95 bits per heavy atom. The predicted molar refractivity (Wildman–Crippen MR) is 84.0 cm³/mol. The van der Waals surface area contributed by atoms with Crippen LogP contribution in [-0.4, -0.2) is 9.55 Å². The van der Waals surface area contributed by atoms with E-state index in [9.17, 15) is 4.39 Å². The van der Waals surface area contributed by atoms with Crippen molar-refractivity contribution in [3.63, 3.8) is 0 Å². The number of anilines is 1. The van der Waals surface area contributed by atoms with Gasteiger partial charge in [0.2, 0.25) is 5.95 Å². The number of imidazole rings is 1. The summed E-state index contributed by atoms with van der Waals surface area (Å²) in [7, 11) is 0. The summed E-state index contributed by atoms with van der Waals surface area (Å²) in [5, 5.41) is 0.0763. The summed E-state index contributed by atoms with van der Waals surface area (Å²) in [6.45, 7) is 2.70. The molecule has 21 heavy (non-hydrogen) atoms. The third-order valence-corrected chi connectivity index (χ3v) is 3.94. The number of halogens is 2. The molecule has 0 saturated heterocycles. The number of benzene rings is 2. The van der Waals surface area contributed by atoms with Gasteiger partial charge in [-0.3, -0.25) is 0 Å². The molecule has 0 aliphatic rings. The average Bonchev–Trinajstić information content (AvgIpc) is 2.76. The Morgan fingerprint density at radius 1 is 1.24 bits per heavy atom. The van der Waals surface area contributed by atoms with Crippen LogP contribution in [0, 0.1) is 5.82 Å². The van der Waals surface area contributed by atoms with Gasteiger partial charge in [-0.2, -0.15) is 0 Å². The molecule has 3 rings (SSSR count). The zero-order valence-electron chi connectivity index (χ0n) is 11.6. The van der Waals surface area contributed by atoms with Crippen molar-refractivity contribution in [3.8, 4) is 0 Å². The van der Waals surface area contributed by atoms with Gasteiger partial charge in [0, 0.05) is 6.07 Å². The molecule has 3 aromatic rings. The lowest BCUT2D eigenvalue weighted by Gasteiger charge is -2.11. The van der Waals surface area contributed by atoms with E-state index in [-0.39, 0.29) is 5.02 Å². The summed E-state index contributed by atoms with van der Waals surface area (Å²) in [6.07, 6.45) is 0.943. The molecule has 0 aliphatic heterocycles. The number of hydrogen-bond donors (Lipinski definition) is 1. The standard InChI is InChI=1S/C16H15ClFN3/c1-2-10-5-3-4-6-11(10)9-21-15-7-12(17)13(18)8-14(15)20-16(21)19/h3-8H,2,9H2,1H3,(H2,19,20). The van der Waals surface area contributed by atoms with E-state index in [4.69, 9.17) is 17.3 Å². The van der Waals surface area contributed by atoms with Crippen LogP contribution in [0.15, 0.2) is 36.4 Å². The molecule has 3 nitrogen and oxygen atoms in total. The lowest BCUT2D eigenvalue weighted by Crippen LogP contribution is -2.06. The third-order valence-electron chi connectivity index (χ3n) is 3.65. The number of nitrogen functional groups attached to an aromatic ring is 1. The van der Waals surface area contributed by atoms with E-state index in [1.54, 1.807) is 6.07 Å². The van der Waals surface area contributed by atoms with Gasteiger partial charge in [0.05, 0.1) is 22.6 Å². The normalized spacial score (nSPS) is 11.2. The second-order valence-electron chi connectivity index (χ2n) is 4.93. The zero-order chi connectivity index (χ0) is 15.0. The molecule has 1 aromatic heterocycles. The highest BCUT2D eigenvalue weighted by molar-refractivity contribution is 6.31. The van der Waals surface area contributed by atoms with Crippen molar-refractivity contribution >= 4 is 28.6 Å². The molecule has 0 saturated carbocycles. The molecule has 0 aliphatic carbocycles. The van der Waals surface area contributed by atoms with Crippen molar-refractivity contribution < 1.29 is 4.39 Å². The summed E-state index contributed by atoms with van der Waals surface area (Å²) in [5.41, 5.74) is 9.67. The molecule has 0 unspecified atom stereocenters. The van der Waals surface area contributed by atoms with Crippen LogP contribution in [-0.2, 0) is 13.0 Å². The fraction of sp³-hybridized carbons (Fsp3) is 0.188. The fourth-order valence-corrected chi connectivity index (χ4v) is 2.69. The summed E-state index contributed by atoms with van der Waals surface area (Å²) in [5.74, 6) is -0.125. The first kappa shape index (κ1) is 13.9. The lowest BCUT2D eigenvalue weighted by atomic mass is 10.1. The SMILES string of the molecule is CCc1ccccc1Cn1c(N)nc2cc(F)c(Cl)cc21. The quantitative estimate of drug-likeness (QED) is 0.794. The predicted octanol–water partition coefficient (Wildman–Crippen LogP) is 4.02. The van der Waals surface area contributed by atoms with Crippen molar-refractivity contribution in [1.82, 2.24) is 9.55 Å². The second kappa shape index (κ2) is 5.37. The van der Waals surface area contributed by atoms with Crippen molar-refractivity contribution in [2.45, 2.75) is 19.9 Å². The van der Waals surface area contributed by atoms with Crippen molar-refractivity contribution in [1.29, 1.82) is 0 Å². The number of hydrogen-bond acceptors (Lipinski definition) is 2. The van der Waals surface area contributed by atoms with E-state index in [2.05, 4.69) is 24.0 Å². The molecular weight excluding hydrogens is 289 g/mol. The maximum Gasteiger partial charge on any atom is 0.201 e. The van der Waals surface area contributed by atoms with Gasteiger partial charge in [0.25, 0.3) is 0 Å². The smallest absolute Gasteiger partial charge is 0.201 e. The summed E-state index contributed by atoms with van der Waals surface area (Å²) < 4.78 is 15.4. The second-order valence-corrected chi connectivity index (χ2v) is 5.34. The van der Waals surface area contributed by atoms with Crippen molar-refractivity contribution in [3.05, 3.63) is 58.4 Å². The van der Waals surface area contributed by atoms with E-state index >= 15 is 0 Å². The minimum atomic E-state index is -0.484. The molecule has 2 N–H and O–H groups in total. The van der Waals surface area contributed by atoms with Crippen LogP contribution in [0.5, 0.6) is 0 Å². The van der Waals surface area contributed by atoms with Crippen LogP contribution < -0.4 is 5.73 Å². The number of aryl methyl sites for hydroxylation is 1. The lowest BCUT2D eigenvalue weighted by molar-refractivity contribution is 0.629. The van der Waals surface area contributed by atoms with E-state index in [0.29, 0.717) is 18.0 Å². The highest BCUT2D eigenvalue weighted by Crippen LogP contribution is 2.26. The average molecular weight is 304 g/mol. The van der Waals surface area contributed by atoms with Gasteiger partial charge in [-0.1, -0.05) is 42.8 Å². The molecule has 0 bridgehead atoms. The Kier molecular flexibility index (Phi) is 3.55. The molecule has 1 heterocycles. The first-order valence-corrected chi connectivity index (χ1v) is 7.15. The molecule has 108 valence electrons. The van der Waals surface area contributed by atoms with Gasteiger partial charge in [-0.05, 0) is 23.6 Å². The molecule has 0 amide bonds. The fourth-order valence-electron chi connectivity index (χ4n) is 2.53. The Morgan fingerprint density at radius 3 is 2.67 bits per heavy atom. The summed E-state index contributed by atoms with van der Waals surface area (Å²) in [6, 6.07) is 11.1. The number of nitrogens with zero attached hydrogens (tertiary/aromatic N) is 2. The van der Waals surface area contributed by atoms with Crippen LogP contribution in [0.2, 0.25) is 5.02 Å². The topological polar surface area (TPSA) is 43.8 Å². The van der Waals surface area contributed by atoms with Crippen LogP contribution in [0.4, 0.5) is 10.3 Å². The molecule has 0 spiro atoms. The highest BCUT2D eigenvalue weighted by atomic mass is 35.5. The van der Waals surface area contributed by atoms with Gasteiger partial charge in [0.1, 0.15) is 5.82 Å². The first-order valence-electron chi connectivity index (χ1n) is 6.77. The van der Waals surface area contributed by atoms with E-state index < -0.39 is 5.82 Å². The molecule has 2 aromatic carbocycles. The van der Waals surface area contributed by atoms with Gasteiger partial charge in [-0.15, -0.1) is 0 Å². The van der Waals surface area contributed by atoms with E-state index in [1.165, 1.54) is 17.2 Å². The summed E-state index contributed by atoms with van der Waals surface area (Å²) >= 11 is 5.87. The monoisotopic (exact) mass is 303 g/mol.